The van der Waals surface area contributed by atoms with E-state index < -0.39 is 5.97 Å². The molecule has 0 aliphatic rings. The molecule has 22 heavy (non-hydrogen) atoms. The molecule has 0 N–H and O–H groups in total. The summed E-state index contributed by atoms with van der Waals surface area (Å²) < 4.78 is 10.6. The molecule has 0 aliphatic heterocycles. The molecule has 4 heteroatoms. The van der Waals surface area contributed by atoms with Gasteiger partial charge in [0.05, 0.1) is 18.8 Å². The van der Waals surface area contributed by atoms with Gasteiger partial charge >= 0.3 is 11.9 Å². The highest BCUT2D eigenvalue weighted by molar-refractivity contribution is 6.00. The molecule has 0 amide bonds. The lowest BCUT2D eigenvalue weighted by Crippen LogP contribution is -2.22. The summed E-state index contributed by atoms with van der Waals surface area (Å²) in [6, 6.07) is 0. The summed E-state index contributed by atoms with van der Waals surface area (Å²) in [5, 5.41) is 0. The van der Waals surface area contributed by atoms with Gasteiger partial charge in [0.25, 0.3) is 0 Å². The minimum Gasteiger partial charge on any atom is -0.462 e. The predicted octanol–water partition coefficient (Wildman–Crippen LogP) is 4.14. The van der Waals surface area contributed by atoms with Gasteiger partial charge < -0.3 is 9.47 Å². The van der Waals surface area contributed by atoms with E-state index in [4.69, 9.17) is 9.47 Å². The first-order valence-electron chi connectivity index (χ1n) is 8.27. The number of hydrogen-bond donors (Lipinski definition) is 0. The molecule has 0 fully saturated rings. The Kier molecular flexibility index (Phi) is 9.79. The number of hydrogen-bond acceptors (Lipinski definition) is 4. The highest BCUT2D eigenvalue weighted by atomic mass is 16.5. The summed E-state index contributed by atoms with van der Waals surface area (Å²) in [5.74, 6) is -0.329. The van der Waals surface area contributed by atoms with E-state index in [1.54, 1.807) is 0 Å². The van der Waals surface area contributed by atoms with Crippen LogP contribution in [0.25, 0.3) is 0 Å². The number of carbonyl (C=O) groups is 2. The fourth-order valence-electron chi connectivity index (χ4n) is 1.95. The highest BCUT2D eigenvalue weighted by Gasteiger charge is 2.25. The molecule has 0 heterocycles. The molecule has 0 saturated heterocycles. The quantitative estimate of drug-likeness (QED) is 0.474. The van der Waals surface area contributed by atoms with Crippen molar-refractivity contribution in [2.24, 2.45) is 17.8 Å². The second kappa shape index (κ2) is 10.4. The van der Waals surface area contributed by atoms with E-state index in [2.05, 4.69) is 0 Å². The molecular formula is C18H32O4. The smallest absolute Gasteiger partial charge is 0.334 e. The Morgan fingerprint density at radius 2 is 1.27 bits per heavy atom. The van der Waals surface area contributed by atoms with Crippen molar-refractivity contribution in [3.05, 3.63) is 11.1 Å². The molecule has 0 unspecified atom stereocenters. The van der Waals surface area contributed by atoms with Crippen LogP contribution in [0.3, 0.4) is 0 Å². The van der Waals surface area contributed by atoms with E-state index in [9.17, 15) is 9.59 Å². The fraction of sp³-hybridized carbons (Fsp3) is 0.778. The molecular weight excluding hydrogens is 280 g/mol. The molecule has 0 aromatic carbocycles. The maximum Gasteiger partial charge on any atom is 0.334 e. The molecule has 0 aromatic rings. The minimum absolute atomic E-state index is 0.0761. The third-order valence-corrected chi connectivity index (χ3v) is 2.96. The Bertz CT molecular complexity index is 392. The summed E-state index contributed by atoms with van der Waals surface area (Å²) in [6.45, 7) is 14.4. The third kappa shape index (κ3) is 7.62. The van der Waals surface area contributed by atoms with Crippen LogP contribution in [0.5, 0.6) is 0 Å². The summed E-state index contributed by atoms with van der Waals surface area (Å²) in [6.07, 6.45) is 1.31. The number of esters is 2. The SMILES string of the molecule is CCC/C(C(=O)OCC(C)C)=C(/C(=O)OCC(C)C)C(C)C. The Hall–Kier alpha value is -1.32. The number of rotatable bonds is 9. The Morgan fingerprint density at radius 3 is 1.64 bits per heavy atom. The summed E-state index contributed by atoms with van der Waals surface area (Å²) in [4.78, 5) is 24.7. The van der Waals surface area contributed by atoms with Gasteiger partial charge in [-0.05, 0) is 24.2 Å². The van der Waals surface area contributed by atoms with Crippen LogP contribution in [0.1, 0.15) is 61.3 Å². The van der Waals surface area contributed by atoms with Crippen LogP contribution in [0, 0.1) is 17.8 Å². The van der Waals surface area contributed by atoms with E-state index >= 15 is 0 Å². The van der Waals surface area contributed by atoms with Gasteiger partial charge in [0.1, 0.15) is 0 Å². The van der Waals surface area contributed by atoms with Gasteiger partial charge in [-0.3, -0.25) is 0 Å². The lowest BCUT2D eigenvalue weighted by molar-refractivity contribution is -0.144. The summed E-state index contributed by atoms with van der Waals surface area (Å²) in [5.41, 5.74) is 0.920. The van der Waals surface area contributed by atoms with Gasteiger partial charge in [-0.1, -0.05) is 54.9 Å². The number of carbonyl (C=O) groups excluding carboxylic acids is 2. The van der Waals surface area contributed by atoms with Crippen LogP contribution in [0.4, 0.5) is 0 Å². The van der Waals surface area contributed by atoms with Crippen molar-refractivity contribution in [1.29, 1.82) is 0 Å². The van der Waals surface area contributed by atoms with Gasteiger partial charge in [-0.15, -0.1) is 0 Å². The minimum atomic E-state index is -0.395. The van der Waals surface area contributed by atoms with Crippen LogP contribution in [-0.2, 0) is 19.1 Å². The van der Waals surface area contributed by atoms with Crippen molar-refractivity contribution in [3.8, 4) is 0 Å². The van der Waals surface area contributed by atoms with Crippen LogP contribution in [0.2, 0.25) is 0 Å². The van der Waals surface area contributed by atoms with E-state index in [-0.39, 0.29) is 23.7 Å². The molecule has 0 spiro atoms. The molecule has 128 valence electrons. The zero-order valence-corrected chi connectivity index (χ0v) is 15.2. The van der Waals surface area contributed by atoms with Crippen LogP contribution in [-0.4, -0.2) is 25.2 Å². The second-order valence-electron chi connectivity index (χ2n) is 6.78. The van der Waals surface area contributed by atoms with Gasteiger partial charge in [0, 0.05) is 5.57 Å². The average Bonchev–Trinajstić information content (AvgIpc) is 2.41. The first kappa shape index (κ1) is 20.7. The van der Waals surface area contributed by atoms with Crippen LogP contribution >= 0.6 is 0 Å². The Balaban J connectivity index is 5.35. The largest absolute Gasteiger partial charge is 0.462 e. The van der Waals surface area contributed by atoms with E-state index in [1.807, 2.05) is 48.5 Å². The van der Waals surface area contributed by atoms with Crippen LogP contribution < -0.4 is 0 Å². The maximum absolute atomic E-state index is 12.4. The molecule has 0 atom stereocenters. The van der Waals surface area contributed by atoms with Crippen molar-refractivity contribution in [2.75, 3.05) is 13.2 Å². The highest BCUT2D eigenvalue weighted by Crippen LogP contribution is 2.22. The zero-order chi connectivity index (χ0) is 17.3. The summed E-state index contributed by atoms with van der Waals surface area (Å²) in [7, 11) is 0. The first-order valence-corrected chi connectivity index (χ1v) is 8.27. The third-order valence-electron chi connectivity index (χ3n) is 2.96. The van der Waals surface area contributed by atoms with Crippen molar-refractivity contribution < 1.29 is 19.1 Å². The summed E-state index contributed by atoms with van der Waals surface area (Å²) >= 11 is 0. The molecule has 0 rings (SSSR count). The van der Waals surface area contributed by atoms with Gasteiger partial charge in [0.2, 0.25) is 0 Å². The van der Waals surface area contributed by atoms with E-state index in [0.717, 1.165) is 6.42 Å². The van der Waals surface area contributed by atoms with Crippen molar-refractivity contribution in [1.82, 2.24) is 0 Å². The van der Waals surface area contributed by atoms with Gasteiger partial charge in [0.15, 0.2) is 0 Å². The molecule has 4 nitrogen and oxygen atoms in total. The second-order valence-corrected chi connectivity index (χ2v) is 6.78. The molecule has 0 bridgehead atoms. The average molecular weight is 312 g/mol. The van der Waals surface area contributed by atoms with Crippen molar-refractivity contribution in [3.63, 3.8) is 0 Å². The molecule has 0 aliphatic carbocycles. The van der Waals surface area contributed by atoms with Crippen molar-refractivity contribution in [2.45, 2.75) is 61.3 Å². The normalized spacial score (nSPS) is 12.6. The number of ether oxygens (including phenoxy) is 2. The standard InChI is InChI=1S/C18H32O4/c1-8-9-15(17(19)21-10-12(2)3)16(14(6)7)18(20)22-11-13(4)5/h12-14H,8-11H2,1-7H3/b16-15-. The first-order chi connectivity index (χ1) is 10.2. The van der Waals surface area contributed by atoms with Gasteiger partial charge in [-0.25, -0.2) is 9.59 Å². The predicted molar refractivity (Wildman–Crippen MR) is 88.4 cm³/mol. The zero-order valence-electron chi connectivity index (χ0n) is 15.2. The maximum atomic E-state index is 12.4. The molecule has 0 radical (unpaired) electrons. The molecule has 0 saturated carbocycles. The van der Waals surface area contributed by atoms with E-state index in [1.165, 1.54) is 0 Å². The van der Waals surface area contributed by atoms with Crippen LogP contribution in [0.15, 0.2) is 11.1 Å². The lowest BCUT2D eigenvalue weighted by atomic mass is 9.94. The van der Waals surface area contributed by atoms with E-state index in [0.29, 0.717) is 30.8 Å². The fourth-order valence-corrected chi connectivity index (χ4v) is 1.95. The monoisotopic (exact) mass is 312 g/mol. The lowest BCUT2D eigenvalue weighted by Gasteiger charge is -2.18. The van der Waals surface area contributed by atoms with Gasteiger partial charge in [-0.2, -0.15) is 0 Å². The van der Waals surface area contributed by atoms with Crippen molar-refractivity contribution >= 4 is 11.9 Å². The topological polar surface area (TPSA) is 52.6 Å². The molecule has 0 aromatic heterocycles. The Labute approximate surface area is 135 Å². The Morgan fingerprint density at radius 1 is 0.818 bits per heavy atom.